The summed E-state index contributed by atoms with van der Waals surface area (Å²) in [7, 11) is 0. The largest absolute Gasteiger partial charge is 0.481 e. The number of hydrogen-bond acceptors (Lipinski definition) is 5. The Hall–Kier alpha value is -1.83. The van der Waals surface area contributed by atoms with E-state index in [0.717, 1.165) is 4.90 Å². The summed E-state index contributed by atoms with van der Waals surface area (Å²) in [5.41, 5.74) is 10.6. The number of guanidine groups is 1. The first-order valence-corrected chi connectivity index (χ1v) is 5.70. The zero-order valence-electron chi connectivity index (χ0n) is 9.95. The van der Waals surface area contributed by atoms with E-state index in [1.807, 2.05) is 0 Å². The molecule has 0 unspecified atom stereocenters. The summed E-state index contributed by atoms with van der Waals surface area (Å²) in [6.07, 6.45) is 0.500. The van der Waals surface area contributed by atoms with Crippen molar-refractivity contribution in [3.05, 3.63) is 0 Å². The van der Waals surface area contributed by atoms with Gasteiger partial charge in [0.15, 0.2) is 5.96 Å². The lowest BCUT2D eigenvalue weighted by atomic mass is 10.0. The van der Waals surface area contributed by atoms with E-state index < -0.39 is 18.1 Å². The summed E-state index contributed by atoms with van der Waals surface area (Å²) in [5, 5.41) is 18.2. The number of carbonyl (C=O) groups excluding carboxylic acids is 1. The van der Waals surface area contributed by atoms with Gasteiger partial charge in [0.05, 0.1) is 18.7 Å². The molecule has 0 saturated heterocycles. The second-order valence-corrected chi connectivity index (χ2v) is 4.27. The Kier molecular flexibility index (Phi) is 4.90. The number of aliphatic imine (C=N–C) groups is 1. The molecule has 0 fully saturated rings. The molecule has 0 aromatic rings. The van der Waals surface area contributed by atoms with E-state index in [4.69, 9.17) is 16.6 Å². The predicted octanol–water partition coefficient (Wildman–Crippen LogP) is -0.930. The number of nitrogens with two attached hydrogens (primary N) is 2. The first-order chi connectivity index (χ1) is 8.40. The van der Waals surface area contributed by atoms with Gasteiger partial charge in [-0.05, 0) is 19.3 Å². The summed E-state index contributed by atoms with van der Waals surface area (Å²) >= 11 is 0. The van der Waals surface area contributed by atoms with Gasteiger partial charge in [-0.15, -0.1) is 0 Å². The molecule has 0 radical (unpaired) electrons. The molecule has 2 atom stereocenters. The molecule has 0 bridgehead atoms. The Morgan fingerprint density at radius 3 is 2.72 bits per heavy atom. The fraction of sp³-hybridized carbons (Fsp3) is 0.700. The van der Waals surface area contributed by atoms with E-state index in [1.165, 1.54) is 0 Å². The van der Waals surface area contributed by atoms with Crippen LogP contribution in [0.3, 0.4) is 0 Å². The second-order valence-electron chi connectivity index (χ2n) is 4.27. The van der Waals surface area contributed by atoms with Crippen LogP contribution in [-0.2, 0) is 4.79 Å². The Morgan fingerprint density at radius 2 is 2.22 bits per heavy atom. The van der Waals surface area contributed by atoms with Gasteiger partial charge in [0.1, 0.15) is 0 Å². The second kappa shape index (κ2) is 6.20. The van der Waals surface area contributed by atoms with E-state index in [1.54, 1.807) is 0 Å². The monoisotopic (exact) mass is 258 g/mol. The van der Waals surface area contributed by atoms with Gasteiger partial charge in [0.2, 0.25) is 0 Å². The molecule has 18 heavy (non-hydrogen) atoms. The lowest BCUT2D eigenvalue weighted by Gasteiger charge is -2.15. The third kappa shape index (κ3) is 4.21. The fourth-order valence-corrected chi connectivity index (χ4v) is 1.85. The average molecular weight is 258 g/mol. The number of primary amides is 1. The molecular weight excluding hydrogens is 240 g/mol. The van der Waals surface area contributed by atoms with Gasteiger partial charge >= 0.3 is 12.0 Å². The summed E-state index contributed by atoms with van der Waals surface area (Å²) in [4.78, 5) is 26.4. The van der Waals surface area contributed by atoms with Crippen LogP contribution in [0.25, 0.3) is 0 Å². The first kappa shape index (κ1) is 14.2. The zero-order valence-corrected chi connectivity index (χ0v) is 9.95. The van der Waals surface area contributed by atoms with Crippen LogP contribution in [0.2, 0.25) is 0 Å². The van der Waals surface area contributed by atoms with Crippen LogP contribution in [0.1, 0.15) is 25.7 Å². The topological polar surface area (TPSA) is 142 Å². The quantitative estimate of drug-likeness (QED) is 0.486. The average Bonchev–Trinajstić information content (AvgIpc) is 2.58. The summed E-state index contributed by atoms with van der Waals surface area (Å²) in [6.45, 7) is 0.261. The lowest BCUT2D eigenvalue weighted by molar-refractivity contribution is -0.137. The van der Waals surface area contributed by atoms with Crippen molar-refractivity contribution in [2.45, 2.75) is 37.8 Å². The van der Waals surface area contributed by atoms with Gasteiger partial charge in [0.25, 0.3) is 0 Å². The molecule has 0 saturated carbocycles. The molecule has 8 heteroatoms. The SMILES string of the molecule is NC(=O)N1C[C@H](C[C@@H](O)CCCC(=O)O)N=C1N. The van der Waals surface area contributed by atoms with E-state index in [2.05, 4.69) is 4.99 Å². The first-order valence-electron chi connectivity index (χ1n) is 5.70. The summed E-state index contributed by atoms with van der Waals surface area (Å²) in [6, 6.07) is -0.948. The normalized spacial score (nSPS) is 20.6. The number of amides is 2. The van der Waals surface area contributed by atoms with Crippen LogP contribution in [-0.4, -0.2) is 51.8 Å². The van der Waals surface area contributed by atoms with Crippen LogP contribution >= 0.6 is 0 Å². The van der Waals surface area contributed by atoms with Gasteiger partial charge in [-0.1, -0.05) is 0 Å². The van der Waals surface area contributed by atoms with Crippen LogP contribution in [0.15, 0.2) is 4.99 Å². The molecule has 1 aliphatic rings. The molecule has 0 aliphatic carbocycles. The third-order valence-corrected chi connectivity index (χ3v) is 2.72. The molecule has 1 aliphatic heterocycles. The van der Waals surface area contributed by atoms with Gasteiger partial charge < -0.3 is 21.7 Å². The van der Waals surface area contributed by atoms with Gasteiger partial charge in [0, 0.05) is 6.42 Å². The van der Waals surface area contributed by atoms with Crippen LogP contribution < -0.4 is 11.5 Å². The molecule has 1 heterocycles. The Balaban J connectivity index is 2.32. The van der Waals surface area contributed by atoms with Crippen molar-refractivity contribution in [1.29, 1.82) is 0 Å². The molecule has 1 rings (SSSR count). The number of rotatable bonds is 6. The van der Waals surface area contributed by atoms with E-state index in [9.17, 15) is 14.7 Å². The number of carbonyl (C=O) groups is 2. The Morgan fingerprint density at radius 1 is 1.56 bits per heavy atom. The van der Waals surface area contributed by atoms with E-state index in [-0.39, 0.29) is 25.0 Å². The maximum atomic E-state index is 10.9. The van der Waals surface area contributed by atoms with Crippen LogP contribution in [0, 0.1) is 0 Å². The molecule has 0 spiro atoms. The summed E-state index contributed by atoms with van der Waals surface area (Å²) in [5.74, 6) is -0.824. The number of nitrogens with zero attached hydrogens (tertiary/aromatic N) is 2. The number of carboxylic acid groups (broad SMARTS) is 1. The molecule has 2 amide bonds. The maximum Gasteiger partial charge on any atom is 0.321 e. The standard InChI is InChI=1S/C10H18N4O4/c11-9-13-6(5-14(9)10(12)18)4-7(15)2-1-3-8(16)17/h6-7,15H,1-5H2,(H2,11,13)(H2,12,18)(H,16,17)/t6-,7-/m0/s1. The van der Waals surface area contributed by atoms with Crippen LogP contribution in [0.5, 0.6) is 0 Å². The number of aliphatic hydroxyl groups excluding tert-OH is 1. The smallest absolute Gasteiger partial charge is 0.321 e. The number of aliphatic hydroxyl groups is 1. The minimum absolute atomic E-state index is 0.0283. The number of carboxylic acids is 1. The van der Waals surface area contributed by atoms with Crippen molar-refractivity contribution >= 4 is 18.0 Å². The highest BCUT2D eigenvalue weighted by Crippen LogP contribution is 2.15. The molecule has 0 aromatic heterocycles. The Labute approximate surface area is 104 Å². The highest BCUT2D eigenvalue weighted by Gasteiger charge is 2.28. The predicted molar refractivity (Wildman–Crippen MR) is 63.8 cm³/mol. The van der Waals surface area contributed by atoms with Crippen molar-refractivity contribution in [3.8, 4) is 0 Å². The Bertz CT molecular complexity index is 358. The molecule has 6 N–H and O–H groups in total. The van der Waals surface area contributed by atoms with Crippen molar-refractivity contribution in [2.24, 2.45) is 16.5 Å². The molecule has 8 nitrogen and oxygen atoms in total. The van der Waals surface area contributed by atoms with Crippen LogP contribution in [0.4, 0.5) is 4.79 Å². The van der Waals surface area contributed by atoms with E-state index in [0.29, 0.717) is 19.3 Å². The van der Waals surface area contributed by atoms with Gasteiger partial charge in [-0.25, -0.2) is 9.79 Å². The number of aliphatic carboxylic acids is 1. The number of urea groups is 1. The molecular formula is C10H18N4O4. The zero-order chi connectivity index (χ0) is 13.7. The highest BCUT2D eigenvalue weighted by molar-refractivity contribution is 5.96. The van der Waals surface area contributed by atoms with E-state index >= 15 is 0 Å². The van der Waals surface area contributed by atoms with Crippen molar-refractivity contribution in [1.82, 2.24) is 4.90 Å². The minimum Gasteiger partial charge on any atom is -0.481 e. The molecule has 0 aromatic carbocycles. The van der Waals surface area contributed by atoms with Crippen molar-refractivity contribution < 1.29 is 19.8 Å². The van der Waals surface area contributed by atoms with Crippen molar-refractivity contribution in [3.63, 3.8) is 0 Å². The molecule has 102 valence electrons. The highest BCUT2D eigenvalue weighted by atomic mass is 16.4. The fourth-order valence-electron chi connectivity index (χ4n) is 1.85. The summed E-state index contributed by atoms with van der Waals surface area (Å²) < 4.78 is 0. The number of hydrogen-bond donors (Lipinski definition) is 4. The van der Waals surface area contributed by atoms with Gasteiger partial charge in [-0.3, -0.25) is 9.69 Å². The van der Waals surface area contributed by atoms with Crippen molar-refractivity contribution in [2.75, 3.05) is 6.54 Å². The maximum absolute atomic E-state index is 10.9. The minimum atomic E-state index is -0.884. The van der Waals surface area contributed by atoms with Gasteiger partial charge in [-0.2, -0.15) is 0 Å². The lowest BCUT2D eigenvalue weighted by Crippen LogP contribution is -2.43. The third-order valence-electron chi connectivity index (χ3n) is 2.72.